The van der Waals surface area contributed by atoms with Gasteiger partial charge in [0.1, 0.15) is 6.04 Å². The molecule has 2 saturated heterocycles. The molecule has 0 aliphatic carbocycles. The highest BCUT2D eigenvalue weighted by Crippen LogP contribution is 2.34. The minimum Gasteiger partial charge on any atom is -0.480 e. The standard InChI is InChI=1S/C41H66N4O8/c1-11-27(4)36(44(8)39(49)30(26(2)3)24-34(46)41(6)20-16-21-43(41)7)33(52-9)25-35(47)45-22-15-19-32(45)37(53-10)28(5)38(48)42-31(40(50)51)23-29-17-13-12-14-18-29/h12-14,17-18,26-28,30-33,36-37H,11,15-16,19-25H2,1-10H3,(H,42,48)(H,50,51)/t27-,28+,30-,31-,32-,33+,36-,37+,41-/m0/s1. The predicted molar refractivity (Wildman–Crippen MR) is 204 cm³/mol. The van der Waals surface area contributed by atoms with Crippen LogP contribution in [0.3, 0.4) is 0 Å². The van der Waals surface area contributed by atoms with Gasteiger partial charge < -0.3 is 29.7 Å². The fourth-order valence-electron chi connectivity index (χ4n) is 8.40. The summed E-state index contributed by atoms with van der Waals surface area (Å²) in [7, 11) is 6.80. The molecule has 3 amide bonds. The van der Waals surface area contributed by atoms with Gasteiger partial charge in [-0.15, -0.1) is 0 Å². The number of amides is 3. The van der Waals surface area contributed by atoms with Gasteiger partial charge in [-0.3, -0.25) is 24.1 Å². The van der Waals surface area contributed by atoms with Crippen molar-refractivity contribution in [1.29, 1.82) is 0 Å². The van der Waals surface area contributed by atoms with Crippen LogP contribution in [-0.4, -0.2) is 127 Å². The summed E-state index contributed by atoms with van der Waals surface area (Å²) in [5.41, 5.74) is 0.215. The van der Waals surface area contributed by atoms with Crippen molar-refractivity contribution in [3.63, 3.8) is 0 Å². The van der Waals surface area contributed by atoms with E-state index < -0.39 is 59.6 Å². The van der Waals surface area contributed by atoms with Gasteiger partial charge in [-0.05, 0) is 63.6 Å². The summed E-state index contributed by atoms with van der Waals surface area (Å²) in [6, 6.07) is 7.17. The van der Waals surface area contributed by atoms with Crippen LogP contribution in [0, 0.1) is 23.7 Å². The maximum atomic E-state index is 14.3. The molecule has 0 radical (unpaired) electrons. The number of ketones is 1. The van der Waals surface area contributed by atoms with E-state index in [2.05, 4.69) is 17.1 Å². The molecular weight excluding hydrogens is 676 g/mol. The Hall–Kier alpha value is -3.35. The maximum absolute atomic E-state index is 14.3. The van der Waals surface area contributed by atoms with E-state index in [0.29, 0.717) is 13.0 Å². The molecule has 0 aromatic heterocycles. The molecule has 12 nitrogen and oxygen atoms in total. The quantitative estimate of drug-likeness (QED) is 0.198. The molecule has 2 aliphatic rings. The molecule has 12 heteroatoms. The summed E-state index contributed by atoms with van der Waals surface area (Å²) in [5, 5.41) is 12.6. The first-order valence-corrected chi connectivity index (χ1v) is 19.5. The van der Waals surface area contributed by atoms with Crippen molar-refractivity contribution < 1.29 is 38.6 Å². The molecule has 53 heavy (non-hydrogen) atoms. The van der Waals surface area contributed by atoms with Crippen molar-refractivity contribution in [2.24, 2.45) is 23.7 Å². The second-order valence-electron chi connectivity index (χ2n) is 16.0. The number of likely N-dealkylation sites (tertiary alicyclic amines) is 2. The lowest BCUT2D eigenvalue weighted by Gasteiger charge is -2.41. The van der Waals surface area contributed by atoms with Crippen LogP contribution in [0.2, 0.25) is 0 Å². The summed E-state index contributed by atoms with van der Waals surface area (Å²) in [6.45, 7) is 13.1. The highest BCUT2D eigenvalue weighted by molar-refractivity contribution is 5.93. The van der Waals surface area contributed by atoms with Crippen molar-refractivity contribution in [3.05, 3.63) is 35.9 Å². The first kappa shape index (κ1) is 44.0. The third-order valence-electron chi connectivity index (χ3n) is 12.3. The number of Topliss-reactive ketones (excluding diaryl/α,β-unsaturated/α-hetero) is 1. The van der Waals surface area contributed by atoms with Gasteiger partial charge in [0.05, 0.1) is 42.2 Å². The van der Waals surface area contributed by atoms with Crippen LogP contribution in [0.5, 0.6) is 0 Å². The predicted octanol–water partition coefficient (Wildman–Crippen LogP) is 4.43. The Labute approximate surface area is 317 Å². The fraction of sp³-hybridized carbons (Fsp3) is 0.732. The summed E-state index contributed by atoms with van der Waals surface area (Å²) in [6.07, 6.45) is 2.84. The highest BCUT2D eigenvalue weighted by atomic mass is 16.5. The maximum Gasteiger partial charge on any atom is 0.326 e. The minimum atomic E-state index is -1.13. The molecule has 0 saturated carbocycles. The number of hydrogen-bond acceptors (Lipinski definition) is 8. The smallest absolute Gasteiger partial charge is 0.326 e. The fourth-order valence-corrected chi connectivity index (χ4v) is 8.40. The zero-order valence-electron chi connectivity index (χ0n) is 33.8. The topological polar surface area (TPSA) is 146 Å². The van der Waals surface area contributed by atoms with E-state index in [1.807, 2.05) is 65.1 Å². The number of carboxylic acids is 1. The number of hydrogen-bond donors (Lipinski definition) is 2. The number of carbonyl (C=O) groups excluding carboxylic acids is 4. The van der Waals surface area contributed by atoms with Crippen molar-refractivity contribution in [1.82, 2.24) is 20.0 Å². The second-order valence-corrected chi connectivity index (χ2v) is 16.0. The number of ether oxygens (including phenoxy) is 2. The number of methoxy groups -OCH3 is 2. The van der Waals surface area contributed by atoms with Gasteiger partial charge in [0.15, 0.2) is 5.78 Å². The van der Waals surface area contributed by atoms with E-state index in [1.54, 1.807) is 30.9 Å². The van der Waals surface area contributed by atoms with E-state index in [-0.39, 0.29) is 48.7 Å². The molecule has 0 spiro atoms. The van der Waals surface area contributed by atoms with Gasteiger partial charge in [0.25, 0.3) is 0 Å². The summed E-state index contributed by atoms with van der Waals surface area (Å²) < 4.78 is 11.9. The first-order valence-electron chi connectivity index (χ1n) is 19.5. The largest absolute Gasteiger partial charge is 0.480 e. The molecule has 2 N–H and O–H groups in total. The highest BCUT2D eigenvalue weighted by Gasteiger charge is 2.45. The van der Waals surface area contributed by atoms with E-state index in [4.69, 9.17) is 9.47 Å². The van der Waals surface area contributed by atoms with E-state index in [0.717, 1.165) is 37.8 Å². The van der Waals surface area contributed by atoms with E-state index in [1.165, 1.54) is 7.11 Å². The summed E-state index contributed by atoms with van der Waals surface area (Å²) in [5.74, 6) is -3.12. The van der Waals surface area contributed by atoms with Crippen molar-refractivity contribution in [2.45, 2.75) is 129 Å². The Morgan fingerprint density at radius 3 is 2.19 bits per heavy atom. The lowest BCUT2D eigenvalue weighted by Crippen LogP contribution is -2.55. The van der Waals surface area contributed by atoms with Crippen LogP contribution < -0.4 is 5.32 Å². The van der Waals surface area contributed by atoms with Crippen LogP contribution in [0.1, 0.15) is 92.1 Å². The number of nitrogens with one attached hydrogen (secondary N) is 1. The molecule has 2 heterocycles. The number of rotatable bonds is 20. The number of carboxylic acid groups (broad SMARTS) is 1. The van der Waals surface area contributed by atoms with Crippen molar-refractivity contribution in [3.8, 4) is 0 Å². The van der Waals surface area contributed by atoms with Crippen LogP contribution in [0.4, 0.5) is 0 Å². The summed E-state index contributed by atoms with van der Waals surface area (Å²) >= 11 is 0. The third kappa shape index (κ3) is 10.7. The van der Waals surface area contributed by atoms with E-state index >= 15 is 0 Å². The van der Waals surface area contributed by atoms with Crippen molar-refractivity contribution >= 4 is 29.5 Å². The number of nitrogens with zero attached hydrogens (tertiary/aromatic N) is 3. The van der Waals surface area contributed by atoms with Crippen molar-refractivity contribution in [2.75, 3.05) is 41.4 Å². The molecular formula is C41H66N4O8. The Balaban J connectivity index is 1.77. The normalized spacial score (nSPS) is 23.2. The van der Waals surface area contributed by atoms with Gasteiger partial charge in [0, 0.05) is 46.6 Å². The summed E-state index contributed by atoms with van der Waals surface area (Å²) in [4.78, 5) is 73.3. The SMILES string of the molecule is CC[C@H](C)[C@@H]([C@@H](CC(=O)N1CCC[C@H]1[C@H](OC)[C@@H](C)C(=O)N[C@@H](Cc1ccccc1)C(=O)O)OC)N(C)C(=O)[C@@H](CC(=O)[C@]1(C)CCCN1C)C(C)C. The van der Waals surface area contributed by atoms with Crippen LogP contribution in [-0.2, 0) is 39.9 Å². The zero-order chi connectivity index (χ0) is 39.6. The minimum absolute atomic E-state index is 0.00780. The van der Waals surface area contributed by atoms with Gasteiger partial charge in [-0.25, -0.2) is 4.79 Å². The average molecular weight is 743 g/mol. The molecule has 0 unspecified atom stereocenters. The van der Waals surface area contributed by atoms with Crippen LogP contribution >= 0.6 is 0 Å². The molecule has 9 atom stereocenters. The monoisotopic (exact) mass is 742 g/mol. The second kappa shape index (κ2) is 19.8. The molecule has 1 aromatic carbocycles. The van der Waals surface area contributed by atoms with Gasteiger partial charge >= 0.3 is 5.97 Å². The molecule has 298 valence electrons. The Bertz CT molecular complexity index is 1390. The average Bonchev–Trinajstić information content (AvgIpc) is 3.76. The number of benzene rings is 1. The van der Waals surface area contributed by atoms with E-state index in [9.17, 15) is 29.1 Å². The lowest BCUT2D eigenvalue weighted by molar-refractivity contribution is -0.149. The first-order chi connectivity index (χ1) is 25.0. The number of aliphatic carboxylic acids is 1. The van der Waals surface area contributed by atoms with Crippen LogP contribution in [0.25, 0.3) is 0 Å². The Kier molecular flexibility index (Phi) is 16.5. The molecule has 2 fully saturated rings. The van der Waals surface area contributed by atoms with Crippen LogP contribution in [0.15, 0.2) is 30.3 Å². The molecule has 2 aliphatic heterocycles. The molecule has 3 rings (SSSR count). The van der Waals surface area contributed by atoms with Gasteiger partial charge in [0.2, 0.25) is 17.7 Å². The Morgan fingerprint density at radius 1 is 1.00 bits per heavy atom. The molecule has 1 aromatic rings. The van der Waals surface area contributed by atoms with Gasteiger partial charge in [-0.1, -0.05) is 71.4 Å². The lowest BCUT2D eigenvalue weighted by atomic mass is 9.81. The van der Waals surface area contributed by atoms with Gasteiger partial charge in [-0.2, -0.15) is 0 Å². The Morgan fingerprint density at radius 2 is 1.66 bits per heavy atom. The zero-order valence-corrected chi connectivity index (χ0v) is 33.8. The third-order valence-corrected chi connectivity index (χ3v) is 12.3. The number of likely N-dealkylation sites (N-methyl/N-ethyl adjacent to an activating group) is 2. The number of carbonyl (C=O) groups is 5. The molecule has 0 bridgehead atoms.